The zero-order valence-corrected chi connectivity index (χ0v) is 8.23. The highest BCUT2D eigenvalue weighted by atomic mass is 16.3. The summed E-state index contributed by atoms with van der Waals surface area (Å²) < 4.78 is 1.74. The van der Waals surface area contributed by atoms with E-state index in [1.165, 1.54) is 19.8 Å². The normalized spacial score (nSPS) is 17.5. The van der Waals surface area contributed by atoms with E-state index in [0.717, 1.165) is 12.8 Å². The average molecular weight is 194 g/mol. The third-order valence-electron chi connectivity index (χ3n) is 2.74. The van der Waals surface area contributed by atoms with Gasteiger partial charge in [-0.15, -0.1) is 0 Å². The van der Waals surface area contributed by atoms with Crippen molar-refractivity contribution in [3.63, 3.8) is 0 Å². The summed E-state index contributed by atoms with van der Waals surface area (Å²) in [6, 6.07) is 0.369. The number of hydrogen-bond donors (Lipinski definition) is 1. The minimum absolute atomic E-state index is 0.00407. The molecule has 1 saturated carbocycles. The number of nitrogens with zero attached hydrogens (tertiary/aromatic N) is 2. The van der Waals surface area contributed by atoms with Crippen LogP contribution in [0.5, 0.6) is 5.75 Å². The zero-order chi connectivity index (χ0) is 10.1. The molecule has 2 rings (SSSR count). The highest BCUT2D eigenvalue weighted by Crippen LogP contribution is 2.30. The lowest BCUT2D eigenvalue weighted by atomic mass is 10.3. The van der Waals surface area contributed by atoms with E-state index >= 15 is 0 Å². The van der Waals surface area contributed by atoms with Crippen LogP contribution < -0.4 is 0 Å². The molecular weight excluding hydrogens is 180 g/mol. The van der Waals surface area contributed by atoms with Crippen molar-refractivity contribution in [2.75, 3.05) is 0 Å². The van der Waals surface area contributed by atoms with Gasteiger partial charge in [0.15, 0.2) is 17.2 Å². The van der Waals surface area contributed by atoms with Gasteiger partial charge in [-0.1, -0.05) is 12.8 Å². The van der Waals surface area contributed by atoms with E-state index < -0.39 is 0 Å². The molecule has 1 aromatic heterocycles. The molecule has 1 heterocycles. The van der Waals surface area contributed by atoms with Gasteiger partial charge in [0.05, 0.1) is 12.2 Å². The van der Waals surface area contributed by atoms with E-state index in [0.29, 0.717) is 6.04 Å². The summed E-state index contributed by atoms with van der Waals surface area (Å²) >= 11 is 0. The molecule has 76 valence electrons. The maximum Gasteiger partial charge on any atom is 0.183 e. The summed E-state index contributed by atoms with van der Waals surface area (Å²) in [4.78, 5) is 11.1. The number of hydrogen-bond acceptors (Lipinski definition) is 3. The smallest absolute Gasteiger partial charge is 0.183 e. The monoisotopic (exact) mass is 194 g/mol. The summed E-state index contributed by atoms with van der Waals surface area (Å²) in [6.07, 6.45) is 6.17. The molecule has 0 bridgehead atoms. The lowest BCUT2D eigenvalue weighted by Gasteiger charge is -2.07. The molecule has 4 nitrogen and oxygen atoms in total. The van der Waals surface area contributed by atoms with Crippen LogP contribution in [0.15, 0.2) is 6.20 Å². The van der Waals surface area contributed by atoms with Gasteiger partial charge in [0.1, 0.15) is 0 Å². The molecule has 0 saturated heterocycles. The van der Waals surface area contributed by atoms with Gasteiger partial charge < -0.3 is 5.11 Å². The van der Waals surface area contributed by atoms with Crippen molar-refractivity contribution in [1.29, 1.82) is 0 Å². The molecule has 0 radical (unpaired) electrons. The minimum Gasteiger partial charge on any atom is -0.504 e. The van der Waals surface area contributed by atoms with Crippen molar-refractivity contribution in [2.45, 2.75) is 38.6 Å². The summed E-state index contributed by atoms with van der Waals surface area (Å²) in [5.74, 6) is -0.177. The fraction of sp³-hybridized carbons (Fsp3) is 0.600. The molecule has 1 fully saturated rings. The van der Waals surface area contributed by atoms with Crippen LogP contribution in [0, 0.1) is 0 Å². The van der Waals surface area contributed by atoms with Crippen LogP contribution >= 0.6 is 0 Å². The second kappa shape index (κ2) is 3.44. The lowest BCUT2D eigenvalue weighted by molar-refractivity contribution is 0.100. The van der Waals surface area contributed by atoms with Crippen LogP contribution in [0.1, 0.15) is 49.1 Å². The van der Waals surface area contributed by atoms with Gasteiger partial charge in [-0.25, -0.2) is 0 Å². The Bertz CT molecular complexity index is 351. The van der Waals surface area contributed by atoms with E-state index in [1.54, 1.807) is 10.9 Å². The molecule has 0 atom stereocenters. The highest BCUT2D eigenvalue weighted by molar-refractivity contribution is 5.94. The molecule has 14 heavy (non-hydrogen) atoms. The van der Waals surface area contributed by atoms with Crippen molar-refractivity contribution in [3.8, 4) is 5.75 Å². The van der Waals surface area contributed by atoms with E-state index in [-0.39, 0.29) is 17.2 Å². The summed E-state index contributed by atoms with van der Waals surface area (Å²) in [5, 5.41) is 13.6. The molecule has 0 spiro atoms. The molecule has 1 aliphatic rings. The average Bonchev–Trinajstić information content (AvgIpc) is 2.70. The molecule has 1 N–H and O–H groups in total. The van der Waals surface area contributed by atoms with Crippen LogP contribution in [0.4, 0.5) is 0 Å². The van der Waals surface area contributed by atoms with Gasteiger partial charge in [-0.3, -0.25) is 9.48 Å². The molecular formula is C10H14N2O2. The van der Waals surface area contributed by atoms with Crippen molar-refractivity contribution < 1.29 is 9.90 Å². The van der Waals surface area contributed by atoms with Gasteiger partial charge in [0, 0.05) is 6.92 Å². The van der Waals surface area contributed by atoms with Crippen molar-refractivity contribution in [2.24, 2.45) is 0 Å². The van der Waals surface area contributed by atoms with Crippen molar-refractivity contribution in [3.05, 3.63) is 11.9 Å². The Morgan fingerprint density at radius 3 is 2.71 bits per heavy atom. The number of aromatic hydroxyl groups is 1. The molecule has 1 aliphatic carbocycles. The van der Waals surface area contributed by atoms with E-state index in [4.69, 9.17) is 0 Å². The topological polar surface area (TPSA) is 55.1 Å². The second-order valence-electron chi connectivity index (χ2n) is 3.84. The number of aromatic nitrogens is 2. The fourth-order valence-corrected chi connectivity index (χ4v) is 1.99. The van der Waals surface area contributed by atoms with Crippen LogP contribution in [0.2, 0.25) is 0 Å². The fourth-order valence-electron chi connectivity index (χ4n) is 1.99. The first-order valence-corrected chi connectivity index (χ1v) is 4.97. The van der Waals surface area contributed by atoms with Gasteiger partial charge >= 0.3 is 0 Å². The first-order valence-electron chi connectivity index (χ1n) is 4.97. The quantitative estimate of drug-likeness (QED) is 0.731. The van der Waals surface area contributed by atoms with Crippen LogP contribution in [0.3, 0.4) is 0 Å². The molecule has 4 heteroatoms. The summed E-state index contributed by atoms with van der Waals surface area (Å²) in [5.41, 5.74) is 0.192. The highest BCUT2D eigenvalue weighted by Gasteiger charge is 2.20. The van der Waals surface area contributed by atoms with Gasteiger partial charge in [-0.2, -0.15) is 5.10 Å². The Morgan fingerprint density at radius 2 is 2.21 bits per heavy atom. The van der Waals surface area contributed by atoms with Crippen molar-refractivity contribution in [1.82, 2.24) is 9.78 Å². The summed E-state index contributed by atoms with van der Waals surface area (Å²) in [6.45, 7) is 1.42. The number of rotatable bonds is 2. The minimum atomic E-state index is -0.181. The Morgan fingerprint density at radius 1 is 1.57 bits per heavy atom. The Labute approximate surface area is 82.5 Å². The molecule has 0 amide bonds. The van der Waals surface area contributed by atoms with Crippen LogP contribution in [0.25, 0.3) is 0 Å². The lowest BCUT2D eigenvalue weighted by Crippen LogP contribution is -2.06. The Hall–Kier alpha value is -1.32. The number of carbonyl (C=O) groups excluding carboxylic acids is 1. The van der Waals surface area contributed by atoms with Gasteiger partial charge in [0.2, 0.25) is 0 Å². The predicted octanol–water partition coefficient (Wildman–Crippen LogP) is 1.91. The van der Waals surface area contributed by atoms with E-state index in [1.807, 2.05) is 0 Å². The third-order valence-corrected chi connectivity index (χ3v) is 2.74. The van der Waals surface area contributed by atoms with Crippen molar-refractivity contribution >= 4 is 5.78 Å². The second-order valence-corrected chi connectivity index (χ2v) is 3.84. The number of Topliss-reactive ketones (excluding diaryl/α,β-unsaturated/α-hetero) is 1. The molecule has 0 aliphatic heterocycles. The summed E-state index contributed by atoms with van der Waals surface area (Å²) in [7, 11) is 0. The molecule has 0 aromatic carbocycles. The van der Waals surface area contributed by atoms with Crippen LogP contribution in [-0.2, 0) is 0 Å². The Balaban J connectivity index is 2.27. The van der Waals surface area contributed by atoms with Gasteiger partial charge in [0.25, 0.3) is 0 Å². The van der Waals surface area contributed by atoms with Crippen LogP contribution in [-0.4, -0.2) is 20.7 Å². The molecule has 1 aromatic rings. The largest absolute Gasteiger partial charge is 0.504 e. The van der Waals surface area contributed by atoms with E-state index in [2.05, 4.69) is 5.10 Å². The first kappa shape index (κ1) is 9.24. The number of carbonyl (C=O) groups is 1. The maximum atomic E-state index is 11.1. The first-order chi connectivity index (χ1) is 6.68. The van der Waals surface area contributed by atoms with E-state index in [9.17, 15) is 9.90 Å². The van der Waals surface area contributed by atoms with Gasteiger partial charge in [-0.05, 0) is 12.8 Å². The predicted molar refractivity (Wildman–Crippen MR) is 51.4 cm³/mol. The maximum absolute atomic E-state index is 11.1. The number of ketones is 1. The third kappa shape index (κ3) is 1.52. The zero-order valence-electron chi connectivity index (χ0n) is 8.23. The Kier molecular flexibility index (Phi) is 2.27. The standard InChI is InChI=1S/C10H14N2O2/c1-7(13)10-9(14)6-12(11-10)8-4-2-3-5-8/h6,8,14H,2-5H2,1H3. The molecule has 0 unspecified atom stereocenters. The SMILES string of the molecule is CC(=O)c1nn(C2CCCC2)cc1O.